The quantitative estimate of drug-likeness (QED) is 0.479. The van der Waals surface area contributed by atoms with E-state index in [1.165, 1.54) is 4.90 Å². The summed E-state index contributed by atoms with van der Waals surface area (Å²) < 4.78 is 0. The number of β-lactam (4-membered cyclic amide) rings is 1. The van der Waals surface area contributed by atoms with Crippen molar-refractivity contribution in [2.75, 3.05) is 17.7 Å². The van der Waals surface area contributed by atoms with Crippen molar-refractivity contribution in [2.24, 2.45) is 5.92 Å². The second kappa shape index (κ2) is 10.8. The molecule has 1 aromatic carbocycles. The van der Waals surface area contributed by atoms with Crippen molar-refractivity contribution < 1.29 is 14.4 Å². The zero-order valence-electron chi connectivity index (χ0n) is 21.5. The van der Waals surface area contributed by atoms with Crippen LogP contribution in [0.1, 0.15) is 41.9 Å². The van der Waals surface area contributed by atoms with Gasteiger partial charge in [-0.25, -0.2) is 9.78 Å². The predicted molar refractivity (Wildman–Crippen MR) is 142 cm³/mol. The number of benzene rings is 1. The number of anilines is 2. The third-order valence-electron chi connectivity index (χ3n) is 6.69. The van der Waals surface area contributed by atoms with E-state index < -0.39 is 23.9 Å². The van der Waals surface area contributed by atoms with Crippen LogP contribution in [0.15, 0.2) is 60.8 Å². The lowest BCUT2D eigenvalue weighted by molar-refractivity contribution is -0.156. The largest absolute Gasteiger partial charge is 0.384 e. The molecular weight excluding hydrogens is 468 g/mol. The standard InChI is InChI=1S/C28H32N6O3/c1-5-23(20-12-11-17(2)30-16-20)32-28(37)34-25(27(36)33(4)21-9-7-6-8-10-21)22(26(34)35)14-19-13-18(3)31-24(29)15-19/h6-13,15-16,22-23,25H,5,14H2,1-4H3,(H2,29,31)(H,32,37)/t22-,23?,25+/m1/s1. The minimum absolute atomic E-state index is 0.272. The molecular formula is C28H32N6O3. The van der Waals surface area contributed by atoms with Gasteiger partial charge in [0.1, 0.15) is 11.9 Å². The smallest absolute Gasteiger partial charge is 0.325 e. The maximum Gasteiger partial charge on any atom is 0.325 e. The molecule has 37 heavy (non-hydrogen) atoms. The Morgan fingerprint density at radius 3 is 2.46 bits per heavy atom. The number of carbonyl (C=O) groups is 3. The number of likely N-dealkylation sites (tertiary alicyclic amines) is 1. The number of pyridine rings is 2. The Balaban J connectivity index is 1.61. The highest BCUT2D eigenvalue weighted by Crippen LogP contribution is 2.33. The first-order valence-electron chi connectivity index (χ1n) is 12.3. The number of amides is 4. The average Bonchev–Trinajstić information content (AvgIpc) is 2.88. The fourth-order valence-electron chi connectivity index (χ4n) is 4.70. The molecule has 192 valence electrons. The molecule has 9 nitrogen and oxygen atoms in total. The minimum Gasteiger partial charge on any atom is -0.384 e. The van der Waals surface area contributed by atoms with Gasteiger partial charge in [0.15, 0.2) is 0 Å². The summed E-state index contributed by atoms with van der Waals surface area (Å²) in [7, 11) is 1.65. The number of nitrogens with zero attached hydrogens (tertiary/aromatic N) is 4. The van der Waals surface area contributed by atoms with Crippen molar-refractivity contribution in [1.82, 2.24) is 20.2 Å². The summed E-state index contributed by atoms with van der Waals surface area (Å²) in [5.74, 6) is -1.10. The number of likely N-dealkylation sites (N-methyl/N-ethyl adjacent to an activating group) is 1. The van der Waals surface area contributed by atoms with Crippen LogP contribution in [0.2, 0.25) is 0 Å². The highest BCUT2D eigenvalue weighted by Gasteiger charge is 2.55. The number of hydrogen-bond acceptors (Lipinski definition) is 6. The Kier molecular flexibility index (Phi) is 7.52. The Morgan fingerprint density at radius 1 is 1.11 bits per heavy atom. The van der Waals surface area contributed by atoms with Crippen LogP contribution in [0.3, 0.4) is 0 Å². The second-order valence-electron chi connectivity index (χ2n) is 9.38. The van der Waals surface area contributed by atoms with E-state index in [9.17, 15) is 14.4 Å². The number of rotatable bonds is 7. The molecule has 0 bridgehead atoms. The highest BCUT2D eigenvalue weighted by molar-refractivity contribution is 6.12. The molecule has 1 unspecified atom stereocenters. The summed E-state index contributed by atoms with van der Waals surface area (Å²) >= 11 is 0. The van der Waals surface area contributed by atoms with Crippen LogP contribution < -0.4 is 16.0 Å². The van der Waals surface area contributed by atoms with Gasteiger partial charge in [-0.3, -0.25) is 19.5 Å². The van der Waals surface area contributed by atoms with Gasteiger partial charge in [-0.2, -0.15) is 0 Å². The van der Waals surface area contributed by atoms with E-state index in [1.807, 2.05) is 69.3 Å². The van der Waals surface area contributed by atoms with E-state index in [1.54, 1.807) is 19.3 Å². The van der Waals surface area contributed by atoms with Crippen molar-refractivity contribution >= 4 is 29.4 Å². The molecule has 3 N–H and O–H groups in total. The molecule has 1 aliphatic rings. The van der Waals surface area contributed by atoms with Crippen LogP contribution >= 0.6 is 0 Å². The SMILES string of the molecule is CCC(NC(=O)N1C(=O)[C@H](Cc2cc(C)nc(N)c2)[C@H]1C(=O)N(C)c1ccccc1)c1ccc(C)nc1. The first-order chi connectivity index (χ1) is 17.7. The molecule has 4 rings (SSSR count). The Hall–Kier alpha value is -4.27. The van der Waals surface area contributed by atoms with Crippen LogP contribution in [-0.4, -0.2) is 45.8 Å². The first kappa shape index (κ1) is 25.8. The van der Waals surface area contributed by atoms with E-state index in [-0.39, 0.29) is 18.4 Å². The van der Waals surface area contributed by atoms with Crippen molar-refractivity contribution in [1.29, 1.82) is 0 Å². The van der Waals surface area contributed by atoms with Gasteiger partial charge < -0.3 is 16.0 Å². The van der Waals surface area contributed by atoms with Gasteiger partial charge in [-0.15, -0.1) is 0 Å². The number of nitrogen functional groups attached to an aromatic ring is 1. The van der Waals surface area contributed by atoms with Crippen molar-refractivity contribution in [3.63, 3.8) is 0 Å². The van der Waals surface area contributed by atoms with Gasteiger partial charge >= 0.3 is 6.03 Å². The molecule has 0 aliphatic carbocycles. The second-order valence-corrected chi connectivity index (χ2v) is 9.38. The molecule has 3 atom stereocenters. The summed E-state index contributed by atoms with van der Waals surface area (Å²) in [5.41, 5.74) is 9.79. The van der Waals surface area contributed by atoms with Gasteiger partial charge in [-0.1, -0.05) is 31.2 Å². The van der Waals surface area contributed by atoms with Gasteiger partial charge in [0.25, 0.3) is 5.91 Å². The Labute approximate surface area is 216 Å². The van der Waals surface area contributed by atoms with Gasteiger partial charge in [0, 0.05) is 30.3 Å². The van der Waals surface area contributed by atoms with Crippen LogP contribution in [0.25, 0.3) is 0 Å². The maximum atomic E-state index is 13.7. The van der Waals surface area contributed by atoms with E-state index in [2.05, 4.69) is 15.3 Å². The summed E-state index contributed by atoms with van der Waals surface area (Å²) in [5, 5.41) is 2.93. The molecule has 0 spiro atoms. The van der Waals surface area contributed by atoms with Crippen molar-refractivity contribution in [3.8, 4) is 0 Å². The Morgan fingerprint density at radius 2 is 1.84 bits per heavy atom. The molecule has 9 heteroatoms. The number of carbonyl (C=O) groups excluding carboxylic acids is 3. The van der Waals surface area contributed by atoms with Gasteiger partial charge in [0.2, 0.25) is 5.91 Å². The third kappa shape index (κ3) is 5.45. The number of urea groups is 1. The number of aryl methyl sites for hydroxylation is 2. The molecule has 1 saturated heterocycles. The molecule has 0 radical (unpaired) electrons. The van der Waals surface area contributed by atoms with E-state index >= 15 is 0 Å². The monoisotopic (exact) mass is 500 g/mol. The molecule has 0 saturated carbocycles. The molecule has 1 fully saturated rings. The normalized spacial score (nSPS) is 17.6. The van der Waals surface area contributed by atoms with Crippen LogP contribution in [-0.2, 0) is 16.0 Å². The van der Waals surface area contributed by atoms with Crippen LogP contribution in [0.5, 0.6) is 0 Å². The van der Waals surface area contributed by atoms with Gasteiger partial charge in [-0.05, 0) is 68.1 Å². The third-order valence-corrected chi connectivity index (χ3v) is 6.69. The van der Waals surface area contributed by atoms with Gasteiger partial charge in [0.05, 0.1) is 12.0 Å². The topological polar surface area (TPSA) is 122 Å². The summed E-state index contributed by atoms with van der Waals surface area (Å²) in [4.78, 5) is 51.5. The summed E-state index contributed by atoms with van der Waals surface area (Å²) in [6.45, 7) is 5.64. The number of para-hydroxylation sites is 1. The van der Waals surface area contributed by atoms with E-state index in [4.69, 9.17) is 5.73 Å². The van der Waals surface area contributed by atoms with Crippen LogP contribution in [0.4, 0.5) is 16.3 Å². The number of nitrogens with one attached hydrogen (secondary N) is 1. The lowest BCUT2D eigenvalue weighted by Crippen LogP contribution is -2.70. The molecule has 3 heterocycles. The molecule has 4 amide bonds. The number of hydrogen-bond donors (Lipinski definition) is 2. The summed E-state index contributed by atoms with van der Waals surface area (Å²) in [6.07, 6.45) is 2.58. The average molecular weight is 501 g/mol. The summed E-state index contributed by atoms with van der Waals surface area (Å²) in [6, 6.07) is 14.5. The van der Waals surface area contributed by atoms with Crippen molar-refractivity contribution in [3.05, 3.63) is 83.3 Å². The highest BCUT2D eigenvalue weighted by atomic mass is 16.2. The molecule has 1 aliphatic heterocycles. The Bertz CT molecular complexity index is 1270. The molecule has 2 aromatic heterocycles. The predicted octanol–water partition coefficient (Wildman–Crippen LogP) is 3.57. The minimum atomic E-state index is -0.957. The fourth-order valence-corrected chi connectivity index (χ4v) is 4.70. The van der Waals surface area contributed by atoms with E-state index in [0.717, 1.165) is 27.4 Å². The lowest BCUT2D eigenvalue weighted by Gasteiger charge is -2.46. The first-order valence-corrected chi connectivity index (χ1v) is 12.3. The number of aromatic nitrogens is 2. The van der Waals surface area contributed by atoms with E-state index in [0.29, 0.717) is 17.9 Å². The zero-order valence-corrected chi connectivity index (χ0v) is 21.5. The fraction of sp³-hybridized carbons (Fsp3) is 0.321. The number of nitrogens with two attached hydrogens (primary N) is 1. The maximum absolute atomic E-state index is 13.7. The molecule has 3 aromatic rings. The van der Waals surface area contributed by atoms with Crippen molar-refractivity contribution in [2.45, 2.75) is 45.7 Å². The number of imide groups is 1. The van der Waals surface area contributed by atoms with Crippen LogP contribution in [0, 0.1) is 19.8 Å². The zero-order chi connectivity index (χ0) is 26.7. The lowest BCUT2D eigenvalue weighted by atomic mass is 9.81.